The molecule has 37 heavy (non-hydrogen) atoms. The van der Waals surface area contributed by atoms with Gasteiger partial charge in [-0.25, -0.2) is 18.4 Å². The van der Waals surface area contributed by atoms with Gasteiger partial charge in [0.15, 0.2) is 14.9 Å². The number of nitrogens with zero attached hydrogens (tertiary/aromatic N) is 3. The normalized spacial score (nSPS) is 15.0. The predicted molar refractivity (Wildman–Crippen MR) is 139 cm³/mol. The van der Waals surface area contributed by atoms with Crippen LogP contribution in [0.5, 0.6) is 0 Å². The number of hydrogen-bond acceptors (Lipinski definition) is 6. The van der Waals surface area contributed by atoms with E-state index >= 15 is 0 Å². The number of likely N-dealkylation sites (tertiary alicyclic amines) is 1. The number of H-pyrrole nitrogens is 1. The van der Waals surface area contributed by atoms with Crippen molar-refractivity contribution < 1.29 is 34.7 Å². The molecule has 0 unspecified atom stereocenters. The van der Waals surface area contributed by atoms with Crippen LogP contribution in [0.25, 0.3) is 22.4 Å². The number of sulfone groups is 1. The van der Waals surface area contributed by atoms with Crippen LogP contribution in [0, 0.1) is 17.4 Å². The van der Waals surface area contributed by atoms with E-state index in [0.717, 1.165) is 35.8 Å². The van der Waals surface area contributed by atoms with Crippen molar-refractivity contribution in [2.24, 2.45) is 3.95 Å². The Hall–Kier alpha value is -2.83. The fourth-order valence-corrected chi connectivity index (χ4v) is 6.30. The summed E-state index contributed by atoms with van der Waals surface area (Å²) >= 11 is -0.390. The van der Waals surface area contributed by atoms with Gasteiger partial charge >= 0.3 is 142 Å². The van der Waals surface area contributed by atoms with Crippen molar-refractivity contribution in [2.75, 3.05) is 19.3 Å². The average Bonchev–Trinajstić information content (AvgIpc) is 3.31. The van der Waals surface area contributed by atoms with Crippen molar-refractivity contribution in [3.63, 3.8) is 0 Å². The first-order chi connectivity index (χ1) is 17.6. The Bertz CT molecular complexity index is 1590. The molecule has 0 aliphatic carbocycles. The summed E-state index contributed by atoms with van der Waals surface area (Å²) in [6, 6.07) is 14.0. The van der Waals surface area contributed by atoms with Crippen molar-refractivity contribution in [3.8, 4) is 11.4 Å². The number of nitrogens with two attached hydrogens (primary N) is 1. The third kappa shape index (κ3) is 5.27. The number of carbonyl (C=O) groups excluding carboxylic acids is 1. The molecule has 4 aromatic rings. The number of pyridine rings is 1. The monoisotopic (exact) mass is 630 g/mol. The Balaban J connectivity index is 1.38. The van der Waals surface area contributed by atoms with Crippen molar-refractivity contribution in [1.82, 2.24) is 19.9 Å². The van der Waals surface area contributed by atoms with Crippen molar-refractivity contribution in [2.45, 2.75) is 37.6 Å². The first kappa shape index (κ1) is 25.8. The summed E-state index contributed by atoms with van der Waals surface area (Å²) in [7, 11) is -3.44. The van der Waals surface area contributed by atoms with Gasteiger partial charge in [0.1, 0.15) is 5.82 Å². The Kier molecular flexibility index (Phi) is 7.08. The molecule has 1 aliphatic rings. The number of benzene rings is 2. The molecular weight excluding hydrogens is 601 g/mol. The SMILES string of the molecule is Cc1cc(C)c(-c2nc3cc(S(C)(=O)=O)ncc3[nH]2)cc1C(=O)N1CCC(c2ccc([I-]N)cc2)CC1. The number of nitrogens with one attached hydrogen (secondary N) is 1. The second kappa shape index (κ2) is 10.1. The van der Waals surface area contributed by atoms with E-state index in [0.29, 0.717) is 41.4 Å². The van der Waals surface area contributed by atoms with Crippen LogP contribution in [0.15, 0.2) is 53.7 Å². The number of amides is 1. The molecule has 0 spiro atoms. The van der Waals surface area contributed by atoms with E-state index in [1.807, 2.05) is 30.9 Å². The number of carbonyl (C=O) groups is 1. The second-order valence-electron chi connectivity index (χ2n) is 9.61. The number of hydrogen-bond donors (Lipinski definition) is 2. The van der Waals surface area contributed by atoms with Gasteiger partial charge < -0.3 is 4.98 Å². The fourth-order valence-electron chi connectivity index (χ4n) is 4.95. The molecule has 1 amide bonds. The van der Waals surface area contributed by atoms with Gasteiger partial charge in [-0.05, 0) is 12.5 Å². The number of aromatic nitrogens is 3. The van der Waals surface area contributed by atoms with Crippen LogP contribution in [-0.2, 0) is 9.84 Å². The van der Waals surface area contributed by atoms with E-state index in [-0.39, 0.29) is 10.9 Å². The zero-order valence-corrected chi connectivity index (χ0v) is 23.9. The fraction of sp³-hybridized carbons (Fsp3) is 0.296. The summed E-state index contributed by atoms with van der Waals surface area (Å²) in [6.07, 6.45) is 4.46. The first-order valence-electron chi connectivity index (χ1n) is 12.0. The molecule has 1 saturated heterocycles. The summed E-state index contributed by atoms with van der Waals surface area (Å²) in [6.45, 7) is 5.36. The van der Waals surface area contributed by atoms with Gasteiger partial charge in [-0.3, -0.25) is 0 Å². The van der Waals surface area contributed by atoms with Gasteiger partial charge in [-0.1, -0.05) is 0 Å². The number of rotatable bonds is 5. The molecule has 0 atom stereocenters. The molecule has 1 aliphatic heterocycles. The summed E-state index contributed by atoms with van der Waals surface area (Å²) in [5.41, 5.74) is 5.84. The van der Waals surface area contributed by atoms with Crippen LogP contribution < -0.4 is 25.4 Å². The zero-order chi connectivity index (χ0) is 26.3. The van der Waals surface area contributed by atoms with Crippen molar-refractivity contribution >= 4 is 26.8 Å². The van der Waals surface area contributed by atoms with Crippen LogP contribution in [0.2, 0.25) is 0 Å². The Morgan fingerprint density at radius 2 is 1.78 bits per heavy atom. The van der Waals surface area contributed by atoms with E-state index in [1.54, 1.807) is 0 Å². The minimum absolute atomic E-state index is 0.0188. The molecule has 2 aromatic carbocycles. The van der Waals surface area contributed by atoms with Gasteiger partial charge in [0.2, 0.25) is 0 Å². The summed E-state index contributed by atoms with van der Waals surface area (Å²) in [5.74, 6) is 1.05. The third-order valence-electron chi connectivity index (χ3n) is 7.03. The summed E-state index contributed by atoms with van der Waals surface area (Å²) in [4.78, 5) is 27.4. The van der Waals surface area contributed by atoms with E-state index in [4.69, 9.17) is 3.95 Å². The third-order valence-corrected chi connectivity index (χ3v) is 9.45. The number of aromatic amines is 1. The topological polar surface area (TPSA) is 122 Å². The van der Waals surface area contributed by atoms with Crippen LogP contribution in [0.1, 0.15) is 45.8 Å². The molecule has 0 saturated carbocycles. The number of imidazole rings is 1. The van der Waals surface area contributed by atoms with Gasteiger partial charge in [-0.2, -0.15) is 0 Å². The molecule has 10 heteroatoms. The molecule has 3 N–H and O–H groups in total. The van der Waals surface area contributed by atoms with Crippen LogP contribution >= 0.6 is 0 Å². The van der Waals surface area contributed by atoms with Crippen LogP contribution in [0.3, 0.4) is 0 Å². The molecule has 194 valence electrons. The number of fused-ring (bicyclic) bond motifs is 1. The van der Waals surface area contributed by atoms with Gasteiger partial charge in [0.25, 0.3) is 0 Å². The van der Waals surface area contributed by atoms with E-state index in [9.17, 15) is 13.2 Å². The van der Waals surface area contributed by atoms with Crippen LogP contribution in [-0.4, -0.2) is 53.5 Å². The predicted octanol–water partition coefficient (Wildman–Crippen LogP) is 0.797. The van der Waals surface area contributed by atoms with Gasteiger partial charge in [0.05, 0.1) is 17.2 Å². The molecule has 2 aromatic heterocycles. The maximum atomic E-state index is 13.6. The summed E-state index contributed by atoms with van der Waals surface area (Å²) in [5, 5.41) is -0.0188. The number of halogens is 1. The van der Waals surface area contributed by atoms with E-state index < -0.39 is 31.3 Å². The Morgan fingerprint density at radius 1 is 1.08 bits per heavy atom. The van der Waals surface area contributed by atoms with Crippen molar-refractivity contribution in [1.29, 1.82) is 0 Å². The average molecular weight is 631 g/mol. The zero-order valence-electron chi connectivity index (χ0n) is 21.0. The quantitative estimate of drug-likeness (QED) is 0.249. The molecular formula is C27H29IN5O3S-. The Labute approximate surface area is 227 Å². The standard InChI is InChI=1S/C27H29IN5O3S/c1-16-12-17(2)22(13-21(16)26-31-23-14-25(37(3,35)36)30-15-24(23)32-26)27(34)33-10-8-19(9-11-33)18-4-6-20(28-29)7-5-18/h4-7,12-15,19H,8-11,29H2,1-3H3,(H,31,32)/q-1. The number of aryl methyl sites for hydroxylation is 2. The minimum atomic E-state index is -3.44. The van der Waals surface area contributed by atoms with Crippen LogP contribution in [0.4, 0.5) is 0 Å². The second-order valence-corrected chi connectivity index (χ2v) is 13.4. The molecule has 0 radical (unpaired) electrons. The maximum absolute atomic E-state index is 13.6. The molecule has 3 heterocycles. The molecule has 1 fully saturated rings. The Morgan fingerprint density at radius 3 is 2.43 bits per heavy atom. The van der Waals surface area contributed by atoms with Gasteiger partial charge in [0, 0.05) is 12.3 Å². The first-order valence-corrected chi connectivity index (χ1v) is 16.3. The number of piperidine rings is 1. The van der Waals surface area contributed by atoms with E-state index in [1.165, 1.54) is 21.4 Å². The molecule has 5 rings (SSSR count). The molecule has 8 nitrogen and oxygen atoms in total. The van der Waals surface area contributed by atoms with Gasteiger partial charge in [-0.15, -0.1) is 0 Å². The molecule has 0 bridgehead atoms. The van der Waals surface area contributed by atoms with Crippen molar-refractivity contribution in [3.05, 3.63) is 74.5 Å². The van der Waals surface area contributed by atoms with E-state index in [2.05, 4.69) is 39.2 Å². The summed E-state index contributed by atoms with van der Waals surface area (Å²) < 4.78 is 30.9.